The fourth-order valence-electron chi connectivity index (χ4n) is 3.22. The summed E-state index contributed by atoms with van der Waals surface area (Å²) in [7, 11) is 4.37. The molecular formula is C16H26N2. The lowest BCUT2D eigenvalue weighted by Crippen LogP contribution is -2.43. The van der Waals surface area contributed by atoms with E-state index in [9.17, 15) is 0 Å². The first kappa shape index (κ1) is 13.6. The van der Waals surface area contributed by atoms with E-state index in [4.69, 9.17) is 5.73 Å². The molecule has 1 aromatic carbocycles. The zero-order chi connectivity index (χ0) is 13.4. The normalized spacial score (nSPS) is 25.1. The third-order valence-corrected chi connectivity index (χ3v) is 4.41. The van der Waals surface area contributed by atoms with Crippen LogP contribution in [0.3, 0.4) is 0 Å². The average Bonchev–Trinajstić information content (AvgIpc) is 2.22. The van der Waals surface area contributed by atoms with E-state index in [1.165, 1.54) is 22.3 Å². The summed E-state index contributed by atoms with van der Waals surface area (Å²) in [4.78, 5) is 2.35. The molecule has 1 unspecified atom stereocenters. The molecule has 1 aliphatic rings. The number of nitrogens with two attached hydrogens (primary N) is 1. The van der Waals surface area contributed by atoms with Crippen molar-refractivity contribution in [2.75, 3.05) is 14.1 Å². The van der Waals surface area contributed by atoms with Gasteiger partial charge in [0, 0.05) is 12.1 Å². The minimum atomic E-state index is 0.421. The molecule has 0 aromatic heterocycles. The fraction of sp³-hybridized carbons (Fsp3) is 0.625. The highest BCUT2D eigenvalue weighted by Gasteiger charge is 2.35. The van der Waals surface area contributed by atoms with Crippen LogP contribution < -0.4 is 5.73 Å². The summed E-state index contributed by atoms with van der Waals surface area (Å²) >= 11 is 0. The molecule has 2 heteroatoms. The highest BCUT2D eigenvalue weighted by molar-refractivity contribution is 5.38. The van der Waals surface area contributed by atoms with E-state index in [-0.39, 0.29) is 0 Å². The standard InChI is InChI=1S/C16H26N2/c1-10-6-12(3)15(7-11(10)2)16(18(4)5)13-8-14(17)9-13/h6-7,13-14,16H,8-9,17H2,1-5H3. The largest absolute Gasteiger partial charge is 0.328 e. The van der Waals surface area contributed by atoms with Gasteiger partial charge >= 0.3 is 0 Å². The zero-order valence-corrected chi connectivity index (χ0v) is 12.3. The Morgan fingerprint density at radius 3 is 2.11 bits per heavy atom. The van der Waals surface area contributed by atoms with Crippen molar-refractivity contribution in [2.24, 2.45) is 11.7 Å². The second kappa shape index (κ2) is 5.02. The van der Waals surface area contributed by atoms with E-state index in [0.29, 0.717) is 12.1 Å². The van der Waals surface area contributed by atoms with Crippen LogP contribution in [0.1, 0.15) is 41.1 Å². The van der Waals surface area contributed by atoms with Crippen molar-refractivity contribution in [2.45, 2.75) is 45.7 Å². The Balaban J connectivity index is 2.34. The van der Waals surface area contributed by atoms with Crippen molar-refractivity contribution in [3.05, 3.63) is 34.4 Å². The van der Waals surface area contributed by atoms with Gasteiger partial charge in [0.2, 0.25) is 0 Å². The van der Waals surface area contributed by atoms with E-state index >= 15 is 0 Å². The predicted molar refractivity (Wildman–Crippen MR) is 77.8 cm³/mol. The number of aryl methyl sites for hydroxylation is 3. The van der Waals surface area contributed by atoms with E-state index in [0.717, 1.165) is 18.8 Å². The van der Waals surface area contributed by atoms with Gasteiger partial charge < -0.3 is 10.6 Å². The Morgan fingerprint density at radius 1 is 1.06 bits per heavy atom. The van der Waals surface area contributed by atoms with Gasteiger partial charge in [0.05, 0.1) is 0 Å². The summed E-state index contributed by atoms with van der Waals surface area (Å²) < 4.78 is 0. The highest BCUT2D eigenvalue weighted by Crippen LogP contribution is 2.41. The Labute approximate surface area is 111 Å². The molecule has 1 aliphatic carbocycles. The molecule has 0 saturated heterocycles. The molecule has 2 rings (SSSR count). The molecule has 1 saturated carbocycles. The van der Waals surface area contributed by atoms with Gasteiger partial charge in [-0.1, -0.05) is 12.1 Å². The van der Waals surface area contributed by atoms with E-state index < -0.39 is 0 Å². The van der Waals surface area contributed by atoms with Crippen LogP contribution in [0.2, 0.25) is 0 Å². The lowest BCUT2D eigenvalue weighted by Gasteiger charge is -2.42. The fourth-order valence-corrected chi connectivity index (χ4v) is 3.22. The number of rotatable bonds is 3. The summed E-state index contributed by atoms with van der Waals surface area (Å²) in [5.41, 5.74) is 11.6. The molecule has 0 heterocycles. The van der Waals surface area contributed by atoms with Crippen LogP contribution in [0.15, 0.2) is 12.1 Å². The van der Waals surface area contributed by atoms with Crippen molar-refractivity contribution in [3.8, 4) is 0 Å². The minimum Gasteiger partial charge on any atom is -0.328 e. The smallest absolute Gasteiger partial charge is 0.0374 e. The monoisotopic (exact) mass is 246 g/mol. The Bertz CT molecular complexity index is 431. The van der Waals surface area contributed by atoms with Crippen LogP contribution in [0.25, 0.3) is 0 Å². The maximum absolute atomic E-state index is 5.96. The summed E-state index contributed by atoms with van der Waals surface area (Å²) in [6, 6.07) is 5.63. The maximum Gasteiger partial charge on any atom is 0.0374 e. The molecule has 1 atom stereocenters. The predicted octanol–water partition coefficient (Wildman–Crippen LogP) is 2.95. The molecule has 100 valence electrons. The average molecular weight is 246 g/mol. The van der Waals surface area contributed by atoms with Gasteiger partial charge in [0.1, 0.15) is 0 Å². The lowest BCUT2D eigenvalue weighted by molar-refractivity contribution is 0.123. The maximum atomic E-state index is 5.96. The first-order chi connectivity index (χ1) is 8.40. The van der Waals surface area contributed by atoms with Crippen molar-refractivity contribution in [1.29, 1.82) is 0 Å². The second-order valence-corrected chi connectivity index (χ2v) is 6.19. The molecule has 0 aliphatic heterocycles. The molecule has 0 spiro atoms. The number of nitrogens with zero attached hydrogens (tertiary/aromatic N) is 1. The Hall–Kier alpha value is -0.860. The molecular weight excluding hydrogens is 220 g/mol. The number of hydrogen-bond donors (Lipinski definition) is 1. The molecule has 0 bridgehead atoms. The van der Waals surface area contributed by atoms with Crippen molar-refractivity contribution in [1.82, 2.24) is 4.90 Å². The highest BCUT2D eigenvalue weighted by atomic mass is 15.1. The van der Waals surface area contributed by atoms with Crippen LogP contribution in [-0.2, 0) is 0 Å². The topological polar surface area (TPSA) is 29.3 Å². The summed E-state index contributed by atoms with van der Waals surface area (Å²) in [6.45, 7) is 6.63. The van der Waals surface area contributed by atoms with Gasteiger partial charge in [-0.15, -0.1) is 0 Å². The van der Waals surface area contributed by atoms with Gasteiger partial charge in [-0.2, -0.15) is 0 Å². The SMILES string of the molecule is Cc1cc(C)c(C(C2CC(N)C2)N(C)C)cc1C. The molecule has 1 fully saturated rings. The third kappa shape index (κ3) is 2.45. The van der Waals surface area contributed by atoms with E-state index in [1.807, 2.05) is 0 Å². The van der Waals surface area contributed by atoms with Gasteiger partial charge in [0.25, 0.3) is 0 Å². The summed E-state index contributed by atoms with van der Waals surface area (Å²) in [5.74, 6) is 0.718. The summed E-state index contributed by atoms with van der Waals surface area (Å²) in [6.07, 6.45) is 2.32. The Morgan fingerprint density at radius 2 is 1.61 bits per heavy atom. The van der Waals surface area contributed by atoms with Crippen LogP contribution in [0.5, 0.6) is 0 Å². The molecule has 2 nitrogen and oxygen atoms in total. The number of hydrogen-bond acceptors (Lipinski definition) is 2. The van der Waals surface area contributed by atoms with Crippen LogP contribution in [-0.4, -0.2) is 25.0 Å². The number of benzene rings is 1. The zero-order valence-electron chi connectivity index (χ0n) is 12.3. The lowest BCUT2D eigenvalue weighted by atomic mass is 9.72. The van der Waals surface area contributed by atoms with Crippen molar-refractivity contribution in [3.63, 3.8) is 0 Å². The van der Waals surface area contributed by atoms with E-state index in [2.05, 4.69) is 51.9 Å². The molecule has 0 radical (unpaired) electrons. The minimum absolute atomic E-state index is 0.421. The molecule has 18 heavy (non-hydrogen) atoms. The molecule has 2 N–H and O–H groups in total. The van der Waals surface area contributed by atoms with Crippen molar-refractivity contribution < 1.29 is 0 Å². The second-order valence-electron chi connectivity index (χ2n) is 6.19. The van der Waals surface area contributed by atoms with Gasteiger partial charge in [0.15, 0.2) is 0 Å². The van der Waals surface area contributed by atoms with Gasteiger partial charge in [-0.05, 0) is 75.9 Å². The van der Waals surface area contributed by atoms with Crippen molar-refractivity contribution >= 4 is 0 Å². The van der Waals surface area contributed by atoms with Gasteiger partial charge in [-0.25, -0.2) is 0 Å². The summed E-state index contributed by atoms with van der Waals surface area (Å²) in [5, 5.41) is 0. The first-order valence-electron chi connectivity index (χ1n) is 6.90. The van der Waals surface area contributed by atoms with Gasteiger partial charge in [-0.3, -0.25) is 0 Å². The van der Waals surface area contributed by atoms with Crippen LogP contribution in [0, 0.1) is 26.7 Å². The Kier molecular flexibility index (Phi) is 3.79. The third-order valence-electron chi connectivity index (χ3n) is 4.41. The van der Waals surface area contributed by atoms with E-state index in [1.54, 1.807) is 0 Å². The molecule has 1 aromatic rings. The van der Waals surface area contributed by atoms with Crippen LogP contribution in [0.4, 0.5) is 0 Å². The quantitative estimate of drug-likeness (QED) is 0.888. The molecule has 0 amide bonds. The van der Waals surface area contributed by atoms with Crippen LogP contribution >= 0.6 is 0 Å². The first-order valence-corrected chi connectivity index (χ1v) is 6.90.